The van der Waals surface area contributed by atoms with Crippen molar-refractivity contribution in [2.45, 2.75) is 13.3 Å². The van der Waals surface area contributed by atoms with Gasteiger partial charge in [-0.2, -0.15) is 10.2 Å². The number of hydrogen-bond acceptors (Lipinski definition) is 7. The lowest BCUT2D eigenvalue weighted by Gasteiger charge is -2.13. The molecule has 0 atom stereocenters. The minimum Gasteiger partial charge on any atom is -0.424 e. The van der Waals surface area contributed by atoms with Gasteiger partial charge in [-0.05, 0) is 48.9 Å². The average molecular weight is 586 g/mol. The summed E-state index contributed by atoms with van der Waals surface area (Å²) >= 11 is 6.76. The third-order valence-corrected chi connectivity index (χ3v) is 6.77. The molecule has 0 fully saturated rings. The highest BCUT2D eigenvalue weighted by molar-refractivity contribution is 6.34. The molecule has 0 saturated heterocycles. The minimum absolute atomic E-state index is 0.208. The zero-order valence-corrected chi connectivity index (χ0v) is 23.1. The van der Waals surface area contributed by atoms with Crippen LogP contribution in [0.1, 0.15) is 24.6 Å². The Bertz CT molecular complexity index is 1910. The van der Waals surface area contributed by atoms with E-state index in [-0.39, 0.29) is 17.7 Å². The van der Waals surface area contributed by atoms with Crippen molar-refractivity contribution < 1.29 is 18.3 Å². The van der Waals surface area contributed by atoms with Gasteiger partial charge in [0.1, 0.15) is 23.3 Å². The summed E-state index contributed by atoms with van der Waals surface area (Å²) in [5.74, 6) is 0.182. The number of alkyl halides is 2. The predicted octanol–water partition coefficient (Wildman–Crippen LogP) is 7.05. The van der Waals surface area contributed by atoms with Crippen LogP contribution in [0.25, 0.3) is 33.3 Å². The lowest BCUT2D eigenvalue weighted by atomic mass is 9.97. The van der Waals surface area contributed by atoms with E-state index < -0.39 is 12.1 Å². The van der Waals surface area contributed by atoms with Crippen LogP contribution in [0.5, 0.6) is 11.8 Å². The molecule has 0 aliphatic heterocycles. The highest BCUT2D eigenvalue weighted by atomic mass is 35.5. The SMILES string of the molecule is C=C(C)C(=O)Nc1ccc(-c2c(-c3ccc(Oc4nccc(C(F)F)n4)cc3)c3c(N)ncc(C#N)c3n2C)c(Cl)c1. The number of nitrogen functional groups attached to an aromatic ring is 1. The van der Waals surface area contributed by atoms with Crippen LogP contribution in [0.3, 0.4) is 0 Å². The number of nitriles is 1. The molecule has 42 heavy (non-hydrogen) atoms. The Balaban J connectivity index is 1.64. The van der Waals surface area contributed by atoms with Crippen LogP contribution in [0.4, 0.5) is 20.3 Å². The highest BCUT2D eigenvalue weighted by Gasteiger charge is 2.25. The summed E-state index contributed by atoms with van der Waals surface area (Å²) in [7, 11) is 1.79. The van der Waals surface area contributed by atoms with E-state index >= 15 is 0 Å². The summed E-state index contributed by atoms with van der Waals surface area (Å²) in [4.78, 5) is 24.0. The van der Waals surface area contributed by atoms with Gasteiger partial charge in [0.25, 0.3) is 12.3 Å². The smallest absolute Gasteiger partial charge is 0.322 e. The molecule has 0 spiro atoms. The van der Waals surface area contributed by atoms with Gasteiger partial charge in [0.15, 0.2) is 0 Å². The van der Waals surface area contributed by atoms with Crippen LogP contribution in [0, 0.1) is 11.3 Å². The number of aryl methyl sites for hydroxylation is 1. The summed E-state index contributed by atoms with van der Waals surface area (Å²) < 4.78 is 33.5. The molecule has 5 rings (SSSR count). The van der Waals surface area contributed by atoms with E-state index in [0.717, 1.165) is 6.07 Å². The van der Waals surface area contributed by atoms with Crippen molar-refractivity contribution in [1.82, 2.24) is 19.5 Å². The molecule has 3 aromatic heterocycles. The molecule has 0 unspecified atom stereocenters. The second kappa shape index (κ2) is 11.3. The van der Waals surface area contributed by atoms with Gasteiger partial charge in [0.05, 0.1) is 27.2 Å². The molecule has 0 bridgehead atoms. The van der Waals surface area contributed by atoms with Gasteiger partial charge < -0.3 is 20.4 Å². The largest absolute Gasteiger partial charge is 0.424 e. The van der Waals surface area contributed by atoms with Gasteiger partial charge in [-0.1, -0.05) is 30.3 Å². The third-order valence-electron chi connectivity index (χ3n) is 6.46. The van der Waals surface area contributed by atoms with Crippen molar-refractivity contribution in [3.8, 4) is 40.2 Å². The number of amides is 1. The van der Waals surface area contributed by atoms with Crippen molar-refractivity contribution in [1.29, 1.82) is 5.26 Å². The fourth-order valence-corrected chi connectivity index (χ4v) is 4.80. The molecular weight excluding hydrogens is 564 g/mol. The Morgan fingerprint density at radius 1 is 1.19 bits per heavy atom. The van der Waals surface area contributed by atoms with E-state index in [1.807, 2.05) is 4.57 Å². The van der Waals surface area contributed by atoms with Gasteiger partial charge in [0.2, 0.25) is 0 Å². The van der Waals surface area contributed by atoms with Crippen molar-refractivity contribution in [3.63, 3.8) is 0 Å². The molecule has 0 aliphatic rings. The predicted molar refractivity (Wildman–Crippen MR) is 156 cm³/mol. The number of pyridine rings is 1. The number of anilines is 2. The molecule has 3 N–H and O–H groups in total. The Labute approximate surface area is 243 Å². The van der Waals surface area contributed by atoms with Crippen LogP contribution in [0.15, 0.2) is 73.1 Å². The summed E-state index contributed by atoms with van der Waals surface area (Å²) in [5, 5.41) is 13.5. The third kappa shape index (κ3) is 5.23. The fourth-order valence-electron chi connectivity index (χ4n) is 4.53. The molecule has 3 heterocycles. The van der Waals surface area contributed by atoms with Crippen LogP contribution >= 0.6 is 11.6 Å². The van der Waals surface area contributed by atoms with E-state index in [0.29, 0.717) is 60.9 Å². The maximum atomic E-state index is 13.0. The zero-order valence-electron chi connectivity index (χ0n) is 22.3. The Hall–Kier alpha value is -5.34. The minimum atomic E-state index is -2.76. The number of halogens is 3. The number of aromatic nitrogens is 4. The molecule has 210 valence electrons. The summed E-state index contributed by atoms with van der Waals surface area (Å²) in [6, 6.07) is 14.9. The normalized spacial score (nSPS) is 11.0. The molecule has 5 aromatic rings. The standard InChI is InChI=1S/C30H22ClF2N7O2/c1-15(2)29(41)38-18-6-9-20(21(31)12-18)26-23(24-25(40(26)3)17(13-34)14-37-28(24)35)16-4-7-19(8-5-16)42-30-36-11-10-22(39-30)27(32)33/h4-12,14,27H,1H2,2-3H3,(H2,35,37)(H,38,41). The number of ether oxygens (including phenoxy) is 1. The van der Waals surface area contributed by atoms with E-state index in [2.05, 4.69) is 32.9 Å². The molecule has 2 aromatic carbocycles. The molecule has 12 heteroatoms. The molecule has 0 radical (unpaired) electrons. The van der Waals surface area contributed by atoms with Crippen LogP contribution in [-0.2, 0) is 11.8 Å². The lowest BCUT2D eigenvalue weighted by molar-refractivity contribution is -0.112. The first-order valence-corrected chi connectivity index (χ1v) is 12.8. The highest BCUT2D eigenvalue weighted by Crippen LogP contribution is 2.45. The quantitative estimate of drug-likeness (QED) is 0.196. The monoisotopic (exact) mass is 585 g/mol. The van der Waals surface area contributed by atoms with Crippen molar-refractivity contribution >= 4 is 39.9 Å². The van der Waals surface area contributed by atoms with Crippen LogP contribution < -0.4 is 15.8 Å². The summed E-state index contributed by atoms with van der Waals surface area (Å²) in [6.07, 6.45) is -0.154. The second-order valence-electron chi connectivity index (χ2n) is 9.30. The van der Waals surface area contributed by atoms with E-state index in [1.54, 1.807) is 56.4 Å². The Kier molecular flexibility index (Phi) is 7.56. The van der Waals surface area contributed by atoms with Crippen molar-refractivity contribution in [2.75, 3.05) is 11.1 Å². The number of nitrogens with zero attached hydrogens (tertiary/aromatic N) is 5. The van der Waals surface area contributed by atoms with Gasteiger partial charge >= 0.3 is 6.01 Å². The first kappa shape index (κ1) is 28.2. The fraction of sp³-hybridized carbons (Fsp3) is 0.100. The van der Waals surface area contributed by atoms with E-state index in [4.69, 9.17) is 22.1 Å². The van der Waals surface area contributed by atoms with E-state index in [1.165, 1.54) is 12.4 Å². The second-order valence-corrected chi connectivity index (χ2v) is 9.70. The Morgan fingerprint density at radius 2 is 1.93 bits per heavy atom. The van der Waals surface area contributed by atoms with Crippen LogP contribution in [0.2, 0.25) is 5.02 Å². The number of carbonyl (C=O) groups excluding carboxylic acids is 1. The molecule has 0 saturated carbocycles. The van der Waals surface area contributed by atoms with Crippen molar-refractivity contribution in [3.05, 3.63) is 89.4 Å². The number of hydrogen-bond donors (Lipinski definition) is 2. The van der Waals surface area contributed by atoms with Crippen LogP contribution in [-0.4, -0.2) is 25.4 Å². The maximum absolute atomic E-state index is 13.0. The number of benzene rings is 2. The average Bonchev–Trinajstić information content (AvgIpc) is 3.27. The van der Waals surface area contributed by atoms with Gasteiger partial charge in [-0.15, -0.1) is 0 Å². The number of carbonyl (C=O) groups is 1. The van der Waals surface area contributed by atoms with E-state index in [9.17, 15) is 18.8 Å². The first-order chi connectivity index (χ1) is 20.1. The summed E-state index contributed by atoms with van der Waals surface area (Å²) in [6.45, 7) is 5.25. The molecule has 1 amide bonds. The van der Waals surface area contributed by atoms with Gasteiger partial charge in [-0.25, -0.2) is 18.7 Å². The van der Waals surface area contributed by atoms with Crippen molar-refractivity contribution in [2.24, 2.45) is 7.05 Å². The topological polar surface area (TPSA) is 132 Å². The van der Waals surface area contributed by atoms with Gasteiger partial charge in [0, 0.05) is 41.8 Å². The maximum Gasteiger partial charge on any atom is 0.322 e. The first-order valence-electron chi connectivity index (χ1n) is 12.4. The number of nitrogens with one attached hydrogen (secondary N) is 1. The lowest BCUT2D eigenvalue weighted by Crippen LogP contribution is -2.11. The molecule has 0 aliphatic carbocycles. The number of nitrogens with two attached hydrogens (primary N) is 1. The number of rotatable bonds is 7. The number of fused-ring (bicyclic) bond motifs is 1. The molecular formula is C30H22ClF2N7O2. The Morgan fingerprint density at radius 3 is 2.57 bits per heavy atom. The van der Waals surface area contributed by atoms with Gasteiger partial charge in [-0.3, -0.25) is 4.79 Å². The molecule has 9 nitrogen and oxygen atoms in total. The zero-order chi connectivity index (χ0) is 30.1. The summed E-state index contributed by atoms with van der Waals surface area (Å²) in [5.41, 5.74) is 10.2.